The van der Waals surface area contributed by atoms with E-state index in [0.29, 0.717) is 31.7 Å². The van der Waals surface area contributed by atoms with E-state index in [1.54, 1.807) is 38.3 Å². The van der Waals surface area contributed by atoms with Crippen LogP contribution < -0.4 is 0 Å². The third kappa shape index (κ3) is 2.74. The van der Waals surface area contributed by atoms with Crippen LogP contribution in [0.3, 0.4) is 0 Å². The van der Waals surface area contributed by atoms with Crippen molar-refractivity contribution < 1.29 is 14.3 Å². The summed E-state index contributed by atoms with van der Waals surface area (Å²) in [7, 11) is 3.44. The lowest BCUT2D eigenvalue weighted by atomic mass is 9.97. The van der Waals surface area contributed by atoms with Crippen LogP contribution in [0.15, 0.2) is 12.4 Å². The molecule has 1 aliphatic heterocycles. The number of hydrogen-bond acceptors (Lipinski definition) is 4. The molecule has 108 valence electrons. The highest BCUT2D eigenvalue weighted by Gasteiger charge is 2.25. The Morgan fingerprint density at radius 2 is 2.15 bits per heavy atom. The number of carbonyl (C=O) groups excluding carboxylic acids is 2. The summed E-state index contributed by atoms with van der Waals surface area (Å²) in [5.41, 5.74) is 2.52. The van der Waals surface area contributed by atoms with Crippen molar-refractivity contribution in [2.24, 2.45) is 0 Å². The predicted octanol–water partition coefficient (Wildman–Crippen LogP) is 1.30. The maximum Gasteiger partial charge on any atom is 0.410 e. The van der Waals surface area contributed by atoms with Crippen LogP contribution in [0.2, 0.25) is 0 Å². The third-order valence-electron chi connectivity index (χ3n) is 3.30. The molecule has 0 fully saturated rings. The van der Waals surface area contributed by atoms with Crippen molar-refractivity contribution >= 4 is 12.0 Å². The van der Waals surface area contributed by atoms with Crippen molar-refractivity contribution in [2.45, 2.75) is 19.9 Å². The molecule has 6 nitrogen and oxygen atoms in total. The molecule has 0 bridgehead atoms. The monoisotopic (exact) mass is 277 g/mol. The fourth-order valence-corrected chi connectivity index (χ4v) is 2.29. The average molecular weight is 277 g/mol. The van der Waals surface area contributed by atoms with Gasteiger partial charge in [-0.15, -0.1) is 0 Å². The number of aromatic nitrogens is 1. The number of nitrogens with zero attached hydrogens (tertiary/aromatic N) is 3. The second-order valence-corrected chi connectivity index (χ2v) is 4.89. The molecule has 0 saturated carbocycles. The van der Waals surface area contributed by atoms with E-state index in [4.69, 9.17) is 4.74 Å². The SMILES string of the molecule is CCOC(=O)N1CCc2c(cncc2C(=O)N(C)C)C1. The van der Waals surface area contributed by atoms with Gasteiger partial charge in [0.2, 0.25) is 0 Å². The molecular formula is C14H19N3O3. The topological polar surface area (TPSA) is 62.7 Å². The first-order valence-corrected chi connectivity index (χ1v) is 6.63. The smallest absolute Gasteiger partial charge is 0.410 e. The van der Waals surface area contributed by atoms with Crippen molar-refractivity contribution in [2.75, 3.05) is 27.2 Å². The number of rotatable bonds is 2. The fraction of sp³-hybridized carbons (Fsp3) is 0.500. The zero-order valence-corrected chi connectivity index (χ0v) is 12.0. The first-order chi connectivity index (χ1) is 9.54. The minimum Gasteiger partial charge on any atom is -0.450 e. The highest BCUT2D eigenvalue weighted by atomic mass is 16.6. The van der Waals surface area contributed by atoms with E-state index in [0.717, 1.165) is 11.1 Å². The van der Waals surface area contributed by atoms with Crippen LogP contribution in [0, 0.1) is 0 Å². The Bertz CT molecular complexity index is 528. The van der Waals surface area contributed by atoms with Crippen molar-refractivity contribution in [3.63, 3.8) is 0 Å². The quantitative estimate of drug-likeness (QED) is 0.817. The predicted molar refractivity (Wildman–Crippen MR) is 73.4 cm³/mol. The second-order valence-electron chi connectivity index (χ2n) is 4.89. The summed E-state index contributed by atoms with van der Waals surface area (Å²) in [5.74, 6) is -0.0565. The number of carbonyl (C=O) groups is 2. The van der Waals surface area contributed by atoms with Crippen LogP contribution in [0.1, 0.15) is 28.4 Å². The van der Waals surface area contributed by atoms with E-state index >= 15 is 0 Å². The summed E-state index contributed by atoms with van der Waals surface area (Å²) in [4.78, 5) is 31.1. The highest BCUT2D eigenvalue weighted by molar-refractivity contribution is 5.95. The number of ether oxygens (including phenoxy) is 1. The average Bonchev–Trinajstić information content (AvgIpc) is 2.45. The third-order valence-corrected chi connectivity index (χ3v) is 3.30. The largest absolute Gasteiger partial charge is 0.450 e. The molecule has 2 heterocycles. The van der Waals surface area contributed by atoms with Gasteiger partial charge in [-0.3, -0.25) is 9.78 Å². The molecule has 1 aliphatic rings. The van der Waals surface area contributed by atoms with Gasteiger partial charge in [0.1, 0.15) is 0 Å². The number of pyridine rings is 1. The lowest BCUT2D eigenvalue weighted by Crippen LogP contribution is -2.37. The number of hydrogen-bond donors (Lipinski definition) is 0. The molecule has 1 aromatic heterocycles. The van der Waals surface area contributed by atoms with Gasteiger partial charge in [0.05, 0.1) is 18.7 Å². The molecule has 0 aromatic carbocycles. The molecule has 0 unspecified atom stereocenters. The molecule has 0 radical (unpaired) electrons. The zero-order valence-electron chi connectivity index (χ0n) is 12.0. The lowest BCUT2D eigenvalue weighted by Gasteiger charge is -2.29. The molecule has 6 heteroatoms. The molecule has 0 saturated heterocycles. The molecule has 20 heavy (non-hydrogen) atoms. The van der Waals surface area contributed by atoms with Gasteiger partial charge >= 0.3 is 6.09 Å². The van der Waals surface area contributed by atoms with Crippen LogP contribution >= 0.6 is 0 Å². The Balaban J connectivity index is 2.24. The summed E-state index contributed by atoms with van der Waals surface area (Å²) >= 11 is 0. The Hall–Kier alpha value is -2.11. The summed E-state index contributed by atoms with van der Waals surface area (Å²) in [5, 5.41) is 0. The first-order valence-electron chi connectivity index (χ1n) is 6.63. The van der Waals surface area contributed by atoms with Crippen molar-refractivity contribution in [1.29, 1.82) is 0 Å². The lowest BCUT2D eigenvalue weighted by molar-refractivity contribution is 0.0824. The Kier molecular flexibility index (Phi) is 4.22. The standard InChI is InChI=1S/C14H19N3O3/c1-4-20-14(19)17-6-5-11-10(9-17)7-15-8-12(11)13(18)16(2)3/h7-8H,4-6,9H2,1-3H3. The van der Waals surface area contributed by atoms with Crippen molar-refractivity contribution in [3.05, 3.63) is 29.1 Å². The van der Waals surface area contributed by atoms with Crippen LogP contribution in [-0.4, -0.2) is 54.0 Å². The van der Waals surface area contributed by atoms with E-state index in [1.165, 1.54) is 4.90 Å². The molecular weight excluding hydrogens is 258 g/mol. The molecule has 0 aliphatic carbocycles. The summed E-state index contributed by atoms with van der Waals surface area (Å²) < 4.78 is 5.00. The van der Waals surface area contributed by atoms with Gasteiger partial charge in [-0.25, -0.2) is 4.79 Å². The zero-order chi connectivity index (χ0) is 14.7. The normalized spacial score (nSPS) is 13.7. The maximum absolute atomic E-state index is 12.1. The summed E-state index contributed by atoms with van der Waals surface area (Å²) in [6.45, 7) is 3.14. The molecule has 2 amide bonds. The maximum atomic E-state index is 12.1. The minimum absolute atomic E-state index is 0.0565. The van der Waals surface area contributed by atoms with E-state index < -0.39 is 0 Å². The molecule has 1 aromatic rings. The molecule has 0 atom stereocenters. The van der Waals surface area contributed by atoms with Crippen molar-refractivity contribution in [3.8, 4) is 0 Å². The van der Waals surface area contributed by atoms with E-state index in [-0.39, 0.29) is 12.0 Å². The van der Waals surface area contributed by atoms with E-state index in [2.05, 4.69) is 4.98 Å². The van der Waals surface area contributed by atoms with Crippen molar-refractivity contribution in [1.82, 2.24) is 14.8 Å². The Morgan fingerprint density at radius 3 is 2.80 bits per heavy atom. The minimum atomic E-state index is -0.317. The highest BCUT2D eigenvalue weighted by Crippen LogP contribution is 2.22. The number of fused-ring (bicyclic) bond motifs is 1. The summed E-state index contributed by atoms with van der Waals surface area (Å²) in [6, 6.07) is 0. The van der Waals surface area contributed by atoms with Gasteiger partial charge in [0.15, 0.2) is 0 Å². The van der Waals surface area contributed by atoms with Crippen LogP contribution in [0.4, 0.5) is 4.79 Å². The van der Waals surface area contributed by atoms with Crippen LogP contribution in [-0.2, 0) is 17.7 Å². The molecule has 0 spiro atoms. The van der Waals surface area contributed by atoms with Gasteiger partial charge in [-0.2, -0.15) is 0 Å². The van der Waals surface area contributed by atoms with Gasteiger partial charge in [-0.05, 0) is 24.5 Å². The first kappa shape index (κ1) is 14.3. The van der Waals surface area contributed by atoms with Gasteiger partial charge in [-0.1, -0.05) is 0 Å². The van der Waals surface area contributed by atoms with Gasteiger partial charge in [0, 0.05) is 33.0 Å². The Labute approximate surface area is 118 Å². The Morgan fingerprint density at radius 1 is 1.40 bits per heavy atom. The van der Waals surface area contributed by atoms with E-state index in [1.807, 2.05) is 0 Å². The molecule has 2 rings (SSSR count). The second kappa shape index (κ2) is 5.90. The van der Waals surface area contributed by atoms with Crippen LogP contribution in [0.5, 0.6) is 0 Å². The molecule has 0 N–H and O–H groups in total. The summed E-state index contributed by atoms with van der Waals surface area (Å²) in [6.07, 6.45) is 3.64. The fourth-order valence-electron chi connectivity index (χ4n) is 2.29. The van der Waals surface area contributed by atoms with Gasteiger partial charge < -0.3 is 14.5 Å². The van der Waals surface area contributed by atoms with E-state index in [9.17, 15) is 9.59 Å². The van der Waals surface area contributed by atoms with Crippen LogP contribution in [0.25, 0.3) is 0 Å². The van der Waals surface area contributed by atoms with Gasteiger partial charge in [0.25, 0.3) is 5.91 Å². The number of amides is 2.